The van der Waals surface area contributed by atoms with Crippen molar-refractivity contribution in [3.63, 3.8) is 0 Å². The molecule has 0 spiro atoms. The van der Waals surface area contributed by atoms with E-state index in [-0.39, 0.29) is 42.6 Å². The molecule has 1 aromatic heterocycles. The van der Waals surface area contributed by atoms with Crippen molar-refractivity contribution < 1.29 is 33.3 Å². The highest BCUT2D eigenvalue weighted by Gasteiger charge is 2.28. The van der Waals surface area contributed by atoms with E-state index in [9.17, 15) is 23.8 Å². The number of nitrogens with one attached hydrogen (secondary N) is 2. The smallest absolute Gasteiger partial charge is 0.410 e. The molecule has 3 rings (SSSR count). The van der Waals surface area contributed by atoms with E-state index in [1.807, 2.05) is 4.90 Å². The SMILES string of the molecule is CNC[C@@H](O)COc1ccc(Cl)c(-c2nc(/C(C(C)=N)=C(\C)O)c(C)c(N3CCN(C(=O)OCC(F)F)CC3)n2)c1. The average molecular weight is 597 g/mol. The molecule has 2 heterocycles. The number of hydrogen-bond donors (Lipinski definition) is 4. The number of nitrogens with zero attached hydrogens (tertiary/aromatic N) is 4. The summed E-state index contributed by atoms with van der Waals surface area (Å²) in [5, 5.41) is 31.9. The van der Waals surface area contributed by atoms with Crippen LogP contribution in [0.4, 0.5) is 19.4 Å². The van der Waals surface area contributed by atoms with Crippen LogP contribution in [-0.4, -0.2) is 102 Å². The molecular formula is C27H35ClF2N6O5. The first-order valence-corrected chi connectivity index (χ1v) is 13.3. The third kappa shape index (κ3) is 8.24. The van der Waals surface area contributed by atoms with Gasteiger partial charge in [-0.25, -0.2) is 23.5 Å². The van der Waals surface area contributed by atoms with Gasteiger partial charge in [0.2, 0.25) is 0 Å². The Bertz CT molecular complexity index is 1280. The van der Waals surface area contributed by atoms with Crippen LogP contribution in [0.2, 0.25) is 5.02 Å². The number of rotatable bonds is 11. The van der Waals surface area contributed by atoms with E-state index in [1.165, 1.54) is 18.7 Å². The minimum Gasteiger partial charge on any atom is -0.512 e. The van der Waals surface area contributed by atoms with Crippen molar-refractivity contribution in [2.45, 2.75) is 33.3 Å². The number of aliphatic hydroxyl groups excluding tert-OH is 2. The Morgan fingerprint density at radius 2 is 1.88 bits per heavy atom. The summed E-state index contributed by atoms with van der Waals surface area (Å²) in [7, 11) is 1.72. The van der Waals surface area contributed by atoms with Crippen LogP contribution in [0, 0.1) is 12.3 Å². The number of piperazine rings is 1. The number of likely N-dealkylation sites (N-methyl/N-ethyl adjacent to an activating group) is 1. The molecule has 41 heavy (non-hydrogen) atoms. The number of aliphatic hydroxyl groups is 2. The number of allylic oxidation sites excluding steroid dienone is 2. The Morgan fingerprint density at radius 3 is 2.46 bits per heavy atom. The second-order valence-corrected chi connectivity index (χ2v) is 9.94. The molecule has 11 nitrogen and oxygen atoms in total. The molecule has 1 fully saturated rings. The van der Waals surface area contributed by atoms with Crippen LogP contribution in [0.25, 0.3) is 17.0 Å². The zero-order valence-corrected chi connectivity index (χ0v) is 24.1. The van der Waals surface area contributed by atoms with Gasteiger partial charge in [-0.05, 0) is 46.0 Å². The Kier molecular flexibility index (Phi) is 11.2. The molecule has 224 valence electrons. The number of halogens is 3. The summed E-state index contributed by atoms with van der Waals surface area (Å²) in [5.74, 6) is 1.05. The normalized spacial score (nSPS) is 15.0. The molecule has 0 saturated carbocycles. The first-order chi connectivity index (χ1) is 19.4. The summed E-state index contributed by atoms with van der Waals surface area (Å²) >= 11 is 6.56. The number of carbonyl (C=O) groups is 1. The van der Waals surface area contributed by atoms with Crippen molar-refractivity contribution in [3.8, 4) is 17.1 Å². The summed E-state index contributed by atoms with van der Waals surface area (Å²) in [4.78, 5) is 24.9. The third-order valence-corrected chi connectivity index (χ3v) is 6.65. The number of ether oxygens (including phenoxy) is 2. The van der Waals surface area contributed by atoms with Crippen molar-refractivity contribution in [2.24, 2.45) is 0 Å². The number of alkyl halides is 2. The van der Waals surface area contributed by atoms with E-state index in [0.29, 0.717) is 53.0 Å². The van der Waals surface area contributed by atoms with Gasteiger partial charge in [-0.2, -0.15) is 0 Å². The largest absolute Gasteiger partial charge is 0.512 e. The molecule has 4 N–H and O–H groups in total. The predicted octanol–water partition coefficient (Wildman–Crippen LogP) is 3.92. The zero-order valence-electron chi connectivity index (χ0n) is 23.4. The van der Waals surface area contributed by atoms with Crippen LogP contribution in [0.1, 0.15) is 25.1 Å². The molecule has 1 aliphatic heterocycles. The summed E-state index contributed by atoms with van der Waals surface area (Å²) in [6.07, 6.45) is -4.28. The number of benzene rings is 1. The fraction of sp³-hybridized carbons (Fsp3) is 0.481. The number of amides is 1. The minimum absolute atomic E-state index is 0.0424. The second kappa shape index (κ2) is 14.4. The van der Waals surface area contributed by atoms with Crippen LogP contribution < -0.4 is 15.0 Å². The predicted molar refractivity (Wildman–Crippen MR) is 152 cm³/mol. The number of hydrogen-bond acceptors (Lipinski definition) is 10. The van der Waals surface area contributed by atoms with E-state index in [0.717, 1.165) is 0 Å². The molecule has 2 aromatic rings. The highest BCUT2D eigenvalue weighted by Crippen LogP contribution is 2.35. The molecule has 1 atom stereocenters. The van der Waals surface area contributed by atoms with Gasteiger partial charge in [0.1, 0.15) is 30.0 Å². The molecular weight excluding hydrogens is 562 g/mol. The van der Waals surface area contributed by atoms with Crippen molar-refractivity contribution >= 4 is 34.8 Å². The van der Waals surface area contributed by atoms with E-state index in [2.05, 4.69) is 10.1 Å². The lowest BCUT2D eigenvalue weighted by Crippen LogP contribution is -2.49. The van der Waals surface area contributed by atoms with Gasteiger partial charge in [-0.15, -0.1) is 0 Å². The van der Waals surface area contributed by atoms with Crippen molar-refractivity contribution in [3.05, 3.63) is 40.2 Å². The van der Waals surface area contributed by atoms with Crippen LogP contribution in [0.5, 0.6) is 5.75 Å². The van der Waals surface area contributed by atoms with E-state index in [4.69, 9.17) is 31.7 Å². The van der Waals surface area contributed by atoms with E-state index in [1.54, 1.807) is 32.2 Å². The van der Waals surface area contributed by atoms with Gasteiger partial charge in [0.15, 0.2) is 12.4 Å². The summed E-state index contributed by atoms with van der Waals surface area (Å²) in [5.41, 5.74) is 1.69. The summed E-state index contributed by atoms with van der Waals surface area (Å²) < 4.78 is 35.3. The highest BCUT2D eigenvalue weighted by atomic mass is 35.5. The molecule has 1 aliphatic rings. The van der Waals surface area contributed by atoms with Crippen molar-refractivity contribution in [1.82, 2.24) is 20.2 Å². The summed E-state index contributed by atoms with van der Waals surface area (Å²) in [6, 6.07) is 4.93. The Balaban J connectivity index is 2.01. The topological polar surface area (TPSA) is 144 Å². The van der Waals surface area contributed by atoms with Crippen molar-refractivity contribution in [1.29, 1.82) is 5.41 Å². The van der Waals surface area contributed by atoms with Crippen LogP contribution in [0.3, 0.4) is 0 Å². The monoisotopic (exact) mass is 596 g/mol. The van der Waals surface area contributed by atoms with Crippen molar-refractivity contribution in [2.75, 3.05) is 57.9 Å². The first kappa shape index (κ1) is 32.0. The van der Waals surface area contributed by atoms with Gasteiger partial charge >= 0.3 is 6.09 Å². The molecule has 1 amide bonds. The van der Waals surface area contributed by atoms with Gasteiger partial charge in [0.05, 0.1) is 16.3 Å². The number of aromatic nitrogens is 2. The van der Waals surface area contributed by atoms with E-state index < -0.39 is 25.2 Å². The van der Waals surface area contributed by atoms with E-state index >= 15 is 0 Å². The average Bonchev–Trinajstić information content (AvgIpc) is 2.92. The maximum Gasteiger partial charge on any atom is 0.410 e. The van der Waals surface area contributed by atoms with Crippen LogP contribution in [0.15, 0.2) is 24.0 Å². The molecule has 14 heteroatoms. The Morgan fingerprint density at radius 1 is 1.20 bits per heavy atom. The van der Waals surface area contributed by atoms with Crippen LogP contribution >= 0.6 is 11.6 Å². The standard InChI is InChI=1S/C27H35ClF2N6O5/c1-15-24(23(16(2)31)17(3)37)33-25(20-11-19(5-6-21(20)28)40-13-18(38)12-32-4)34-26(15)35-7-9-36(10-8-35)27(39)41-14-22(29)30/h5-6,11,18,22,31-32,37-38H,7-10,12-14H2,1-4H3/b23-17+,31-16?/t18-/m1/s1. The second-order valence-electron chi connectivity index (χ2n) is 9.54. The molecule has 0 bridgehead atoms. The molecule has 0 unspecified atom stereocenters. The zero-order chi connectivity index (χ0) is 30.3. The quantitative estimate of drug-likeness (QED) is 0.224. The Hall–Kier alpha value is -3.55. The maximum atomic E-state index is 12.5. The molecule has 1 aromatic carbocycles. The molecule has 0 radical (unpaired) electrons. The summed E-state index contributed by atoms with van der Waals surface area (Å²) in [6.45, 7) is 5.27. The van der Waals surface area contributed by atoms with Gasteiger partial charge < -0.3 is 40.2 Å². The Labute approximate surface area is 242 Å². The molecule has 1 saturated heterocycles. The first-order valence-electron chi connectivity index (χ1n) is 13.0. The maximum absolute atomic E-state index is 12.5. The number of carbonyl (C=O) groups excluding carboxylic acids is 1. The van der Waals surface area contributed by atoms with Crippen LogP contribution in [-0.2, 0) is 4.74 Å². The number of anilines is 1. The van der Waals surface area contributed by atoms with Gasteiger partial charge in [0, 0.05) is 49.6 Å². The lowest BCUT2D eigenvalue weighted by molar-refractivity contribution is 0.0311. The minimum atomic E-state index is -2.75. The van der Waals surface area contributed by atoms with Gasteiger partial charge in [0.25, 0.3) is 6.43 Å². The fourth-order valence-electron chi connectivity index (χ4n) is 4.38. The van der Waals surface area contributed by atoms with Gasteiger partial charge in [-0.1, -0.05) is 11.6 Å². The molecule has 0 aliphatic carbocycles. The van der Waals surface area contributed by atoms with Gasteiger partial charge in [-0.3, -0.25) is 0 Å². The lowest BCUT2D eigenvalue weighted by atomic mass is 10.0. The highest BCUT2D eigenvalue weighted by molar-refractivity contribution is 6.33. The fourth-order valence-corrected chi connectivity index (χ4v) is 4.58. The third-order valence-electron chi connectivity index (χ3n) is 6.32. The lowest BCUT2D eigenvalue weighted by Gasteiger charge is -2.35.